The van der Waals surface area contributed by atoms with Gasteiger partial charge in [-0.1, -0.05) is 30.3 Å². The van der Waals surface area contributed by atoms with E-state index in [1.165, 1.54) is 16.3 Å². The Balaban J connectivity index is 1.37. The van der Waals surface area contributed by atoms with Gasteiger partial charge in [-0.2, -0.15) is 0 Å². The van der Waals surface area contributed by atoms with Crippen LogP contribution in [0, 0.1) is 5.92 Å². The van der Waals surface area contributed by atoms with E-state index in [1.54, 1.807) is 0 Å². The number of hydrogen-bond acceptors (Lipinski definition) is 3. The summed E-state index contributed by atoms with van der Waals surface area (Å²) in [4.78, 5) is 12.7. The Morgan fingerprint density at radius 2 is 2.08 bits per heavy atom. The van der Waals surface area contributed by atoms with Crippen LogP contribution in [0.5, 0.6) is 5.75 Å². The summed E-state index contributed by atoms with van der Waals surface area (Å²) in [6.07, 6.45) is 4.08. The van der Waals surface area contributed by atoms with E-state index in [0.717, 1.165) is 38.0 Å². The summed E-state index contributed by atoms with van der Waals surface area (Å²) in [7, 11) is 0. The smallest absolute Gasteiger partial charge is 0.225 e. The van der Waals surface area contributed by atoms with Crippen LogP contribution >= 0.6 is 0 Å². The highest BCUT2D eigenvalue weighted by atomic mass is 16.5. The molecule has 0 aromatic heterocycles. The van der Waals surface area contributed by atoms with Crippen molar-refractivity contribution in [2.75, 3.05) is 13.2 Å². The number of fused-ring (bicyclic) bond motifs is 3. The zero-order valence-corrected chi connectivity index (χ0v) is 13.7. The Kier molecular flexibility index (Phi) is 3.10. The van der Waals surface area contributed by atoms with E-state index in [-0.39, 0.29) is 23.4 Å². The first-order chi connectivity index (χ1) is 11.8. The SMILES string of the molecule is O=C(NC1COc2ccc3ccccc3c2C1)C1CCNC12CC2. The first-order valence-corrected chi connectivity index (χ1v) is 8.94. The molecule has 0 bridgehead atoms. The van der Waals surface area contributed by atoms with Crippen molar-refractivity contribution < 1.29 is 9.53 Å². The van der Waals surface area contributed by atoms with Crippen LogP contribution in [0.3, 0.4) is 0 Å². The van der Waals surface area contributed by atoms with Gasteiger partial charge in [0.15, 0.2) is 0 Å². The third-order valence-corrected chi connectivity index (χ3v) is 5.92. The Morgan fingerprint density at radius 3 is 2.96 bits per heavy atom. The highest BCUT2D eigenvalue weighted by Gasteiger charge is 2.55. The van der Waals surface area contributed by atoms with Gasteiger partial charge < -0.3 is 15.4 Å². The molecule has 24 heavy (non-hydrogen) atoms. The molecule has 4 nitrogen and oxygen atoms in total. The second kappa shape index (κ2) is 5.21. The lowest BCUT2D eigenvalue weighted by molar-refractivity contribution is -0.126. The van der Waals surface area contributed by atoms with Gasteiger partial charge in [0.2, 0.25) is 5.91 Å². The van der Waals surface area contributed by atoms with E-state index in [0.29, 0.717) is 6.61 Å². The molecular weight excluding hydrogens is 300 g/mol. The number of carbonyl (C=O) groups is 1. The number of ether oxygens (including phenoxy) is 1. The topological polar surface area (TPSA) is 50.4 Å². The van der Waals surface area contributed by atoms with E-state index in [2.05, 4.69) is 47.0 Å². The molecule has 1 saturated heterocycles. The fraction of sp³-hybridized carbons (Fsp3) is 0.450. The molecule has 1 saturated carbocycles. The van der Waals surface area contributed by atoms with Gasteiger partial charge in [-0.15, -0.1) is 0 Å². The Labute approximate surface area is 141 Å². The Hall–Kier alpha value is -2.07. The average molecular weight is 322 g/mol. The molecule has 2 atom stereocenters. The monoisotopic (exact) mass is 322 g/mol. The molecule has 2 aromatic rings. The van der Waals surface area contributed by atoms with Crippen molar-refractivity contribution in [3.8, 4) is 5.75 Å². The zero-order chi connectivity index (χ0) is 16.1. The molecule has 4 heteroatoms. The third kappa shape index (κ3) is 2.20. The average Bonchev–Trinajstić information content (AvgIpc) is 3.25. The molecule has 1 amide bonds. The Bertz CT molecular complexity index is 812. The minimum Gasteiger partial charge on any atom is -0.491 e. The highest BCUT2D eigenvalue weighted by Crippen LogP contribution is 2.47. The summed E-state index contributed by atoms with van der Waals surface area (Å²) in [5, 5.41) is 9.24. The lowest BCUT2D eigenvalue weighted by atomic mass is 9.94. The molecule has 1 spiro atoms. The van der Waals surface area contributed by atoms with Crippen molar-refractivity contribution in [1.82, 2.24) is 10.6 Å². The van der Waals surface area contributed by atoms with E-state index in [1.807, 2.05) is 0 Å². The molecule has 124 valence electrons. The highest BCUT2D eigenvalue weighted by molar-refractivity contribution is 5.88. The first kappa shape index (κ1) is 14.3. The quantitative estimate of drug-likeness (QED) is 0.893. The van der Waals surface area contributed by atoms with Gasteiger partial charge in [-0.25, -0.2) is 0 Å². The van der Waals surface area contributed by atoms with E-state index >= 15 is 0 Å². The van der Waals surface area contributed by atoms with Crippen LogP contribution in [0.1, 0.15) is 24.8 Å². The van der Waals surface area contributed by atoms with E-state index < -0.39 is 0 Å². The minimum absolute atomic E-state index is 0.0622. The summed E-state index contributed by atoms with van der Waals surface area (Å²) in [5.41, 5.74) is 1.33. The molecule has 0 radical (unpaired) electrons. The van der Waals surface area contributed by atoms with Gasteiger partial charge in [0.25, 0.3) is 0 Å². The number of hydrogen-bond donors (Lipinski definition) is 2. The summed E-state index contributed by atoms with van der Waals surface area (Å²) < 4.78 is 5.94. The molecule has 3 aliphatic rings. The van der Waals surface area contributed by atoms with Gasteiger partial charge in [-0.3, -0.25) is 4.79 Å². The van der Waals surface area contributed by atoms with Crippen LogP contribution in [-0.2, 0) is 11.2 Å². The molecule has 5 rings (SSSR count). The number of benzene rings is 2. The molecular formula is C20H22N2O2. The molecule has 2 fully saturated rings. The van der Waals surface area contributed by atoms with E-state index in [9.17, 15) is 4.79 Å². The van der Waals surface area contributed by atoms with Gasteiger partial charge >= 0.3 is 0 Å². The summed E-state index contributed by atoms with van der Waals surface area (Å²) in [6.45, 7) is 1.52. The summed E-state index contributed by atoms with van der Waals surface area (Å²) in [6, 6.07) is 12.6. The van der Waals surface area contributed by atoms with Crippen molar-refractivity contribution in [3.05, 3.63) is 42.0 Å². The molecule has 1 aliphatic carbocycles. The van der Waals surface area contributed by atoms with Crippen molar-refractivity contribution >= 4 is 16.7 Å². The molecule has 2 N–H and O–H groups in total. The van der Waals surface area contributed by atoms with Crippen molar-refractivity contribution in [1.29, 1.82) is 0 Å². The maximum Gasteiger partial charge on any atom is 0.225 e. The maximum absolute atomic E-state index is 12.7. The molecule has 2 heterocycles. The number of amides is 1. The number of rotatable bonds is 2. The van der Waals surface area contributed by atoms with Gasteiger partial charge in [0, 0.05) is 17.5 Å². The summed E-state index contributed by atoms with van der Waals surface area (Å²) in [5.74, 6) is 1.29. The van der Waals surface area contributed by atoms with Crippen LogP contribution in [-0.4, -0.2) is 30.6 Å². The van der Waals surface area contributed by atoms with Gasteiger partial charge in [0.05, 0.1) is 12.0 Å². The van der Waals surface area contributed by atoms with Crippen LogP contribution < -0.4 is 15.4 Å². The first-order valence-electron chi connectivity index (χ1n) is 8.94. The standard InChI is InChI=1S/C20H22N2O2/c23-19(17-7-10-21-20(17)8-9-20)22-14-11-16-15-4-2-1-3-13(15)5-6-18(16)24-12-14/h1-6,14,17,21H,7-12H2,(H,22,23). The van der Waals surface area contributed by atoms with Crippen LogP contribution in [0.15, 0.2) is 36.4 Å². The third-order valence-electron chi connectivity index (χ3n) is 5.92. The van der Waals surface area contributed by atoms with Gasteiger partial charge in [0.1, 0.15) is 12.4 Å². The molecule has 2 unspecified atom stereocenters. The summed E-state index contributed by atoms with van der Waals surface area (Å²) >= 11 is 0. The van der Waals surface area contributed by atoms with Crippen molar-refractivity contribution in [2.45, 2.75) is 37.3 Å². The zero-order valence-electron chi connectivity index (χ0n) is 13.7. The van der Waals surface area contributed by atoms with Crippen molar-refractivity contribution in [2.24, 2.45) is 5.92 Å². The minimum atomic E-state index is 0.0622. The normalized spacial score (nSPS) is 26.8. The predicted molar refractivity (Wildman–Crippen MR) is 93.2 cm³/mol. The second-order valence-electron chi connectivity index (χ2n) is 7.41. The van der Waals surface area contributed by atoms with E-state index in [4.69, 9.17) is 4.74 Å². The number of nitrogens with one attached hydrogen (secondary N) is 2. The lowest BCUT2D eigenvalue weighted by Crippen LogP contribution is -2.48. The fourth-order valence-electron chi connectivity index (χ4n) is 4.46. The molecule has 2 aliphatic heterocycles. The number of carbonyl (C=O) groups excluding carboxylic acids is 1. The van der Waals surface area contributed by atoms with Crippen molar-refractivity contribution in [3.63, 3.8) is 0 Å². The maximum atomic E-state index is 12.7. The van der Waals surface area contributed by atoms with Gasteiger partial charge in [-0.05, 0) is 42.6 Å². The largest absolute Gasteiger partial charge is 0.491 e. The molecule has 2 aromatic carbocycles. The van der Waals surface area contributed by atoms with Crippen LogP contribution in [0.25, 0.3) is 10.8 Å². The fourth-order valence-corrected chi connectivity index (χ4v) is 4.46. The van der Waals surface area contributed by atoms with Crippen LogP contribution in [0.4, 0.5) is 0 Å². The lowest BCUT2D eigenvalue weighted by Gasteiger charge is -2.29. The second-order valence-corrected chi connectivity index (χ2v) is 7.41. The predicted octanol–water partition coefficient (Wildman–Crippen LogP) is 2.40. The Morgan fingerprint density at radius 1 is 1.21 bits per heavy atom. The van der Waals surface area contributed by atoms with Crippen LogP contribution in [0.2, 0.25) is 0 Å².